The molecule has 24 heavy (non-hydrogen) atoms. The molecule has 1 aromatic carbocycles. The van der Waals surface area contributed by atoms with Crippen LogP contribution in [0, 0.1) is 0 Å². The molecule has 2 rings (SSSR count). The van der Waals surface area contributed by atoms with Gasteiger partial charge in [-0.05, 0) is 12.0 Å². The molecule has 0 bridgehead atoms. The molecule has 5 heteroatoms. The Morgan fingerprint density at radius 2 is 1.83 bits per heavy atom. The van der Waals surface area contributed by atoms with Gasteiger partial charge in [-0.15, -0.1) is 0 Å². The molecular formula is C19H31NO4. The number of benzene rings is 1. The molecule has 1 aliphatic heterocycles. The van der Waals surface area contributed by atoms with Gasteiger partial charge in [-0.3, -0.25) is 4.90 Å². The van der Waals surface area contributed by atoms with Crippen molar-refractivity contribution in [2.75, 3.05) is 13.2 Å². The van der Waals surface area contributed by atoms with E-state index in [4.69, 9.17) is 0 Å². The van der Waals surface area contributed by atoms with Crippen molar-refractivity contribution in [1.82, 2.24) is 4.90 Å². The molecule has 1 heterocycles. The molecule has 0 saturated carbocycles. The summed E-state index contributed by atoms with van der Waals surface area (Å²) in [4.78, 5) is 1.86. The Balaban J connectivity index is 2.10. The summed E-state index contributed by atoms with van der Waals surface area (Å²) in [6.07, 6.45) is 2.20. The van der Waals surface area contributed by atoms with E-state index in [2.05, 4.69) is 6.92 Å². The quantitative estimate of drug-likeness (QED) is 0.513. The van der Waals surface area contributed by atoms with Gasteiger partial charge < -0.3 is 20.4 Å². The van der Waals surface area contributed by atoms with Crippen LogP contribution in [0.5, 0.6) is 0 Å². The molecule has 4 N–H and O–H groups in total. The number of hydrogen-bond donors (Lipinski definition) is 4. The molecule has 0 radical (unpaired) electrons. The maximum Gasteiger partial charge on any atom is 0.0991 e. The highest BCUT2D eigenvalue weighted by Crippen LogP contribution is 2.32. The van der Waals surface area contributed by atoms with Crippen LogP contribution in [0.25, 0.3) is 0 Å². The Morgan fingerprint density at radius 3 is 2.46 bits per heavy atom. The number of nitrogens with zero attached hydrogens (tertiary/aromatic N) is 1. The summed E-state index contributed by atoms with van der Waals surface area (Å²) in [7, 11) is 0. The molecule has 0 spiro atoms. The predicted molar refractivity (Wildman–Crippen MR) is 93.5 cm³/mol. The highest BCUT2D eigenvalue weighted by atomic mass is 16.3. The summed E-state index contributed by atoms with van der Waals surface area (Å²) >= 11 is 0. The highest BCUT2D eigenvalue weighted by molar-refractivity contribution is 5.20. The second kappa shape index (κ2) is 9.49. The summed E-state index contributed by atoms with van der Waals surface area (Å²) < 4.78 is 0. The number of rotatable bonds is 9. The molecule has 0 amide bonds. The SMILES string of the molecule is CCCCCC[C@@H](O)[C@H]1[C@H](O)[C@H](O)CN1[C@@H](CO)c1ccccc1. The summed E-state index contributed by atoms with van der Waals surface area (Å²) in [5.41, 5.74) is 0.921. The summed E-state index contributed by atoms with van der Waals surface area (Å²) in [5, 5.41) is 40.9. The maximum atomic E-state index is 10.6. The van der Waals surface area contributed by atoms with Crippen LogP contribution in [-0.2, 0) is 0 Å². The molecule has 0 unspecified atom stereocenters. The van der Waals surface area contributed by atoms with E-state index in [1.54, 1.807) is 0 Å². The molecule has 1 aromatic rings. The van der Waals surface area contributed by atoms with E-state index < -0.39 is 24.4 Å². The van der Waals surface area contributed by atoms with Crippen LogP contribution >= 0.6 is 0 Å². The van der Waals surface area contributed by atoms with Gasteiger partial charge in [0.05, 0.1) is 37.0 Å². The van der Waals surface area contributed by atoms with Crippen molar-refractivity contribution >= 4 is 0 Å². The molecular weight excluding hydrogens is 306 g/mol. The third-order valence-corrected chi connectivity index (χ3v) is 5.03. The average molecular weight is 337 g/mol. The van der Waals surface area contributed by atoms with Crippen LogP contribution < -0.4 is 0 Å². The Labute approximate surface area is 144 Å². The van der Waals surface area contributed by atoms with E-state index >= 15 is 0 Å². The highest BCUT2D eigenvalue weighted by Gasteiger charge is 2.46. The monoisotopic (exact) mass is 337 g/mol. The number of hydrogen-bond acceptors (Lipinski definition) is 5. The second-order valence-corrected chi connectivity index (χ2v) is 6.77. The van der Waals surface area contributed by atoms with E-state index in [0.29, 0.717) is 6.42 Å². The Bertz CT molecular complexity index is 470. The topological polar surface area (TPSA) is 84.2 Å². The van der Waals surface area contributed by atoms with E-state index in [1.165, 1.54) is 0 Å². The lowest BCUT2D eigenvalue weighted by Gasteiger charge is -2.35. The number of aliphatic hydroxyl groups is 4. The first-order chi connectivity index (χ1) is 11.6. The first-order valence-electron chi connectivity index (χ1n) is 9.05. The number of likely N-dealkylation sites (tertiary alicyclic amines) is 1. The lowest BCUT2D eigenvalue weighted by Crippen LogP contribution is -2.47. The van der Waals surface area contributed by atoms with Gasteiger partial charge in [0.15, 0.2) is 0 Å². The largest absolute Gasteiger partial charge is 0.394 e. The van der Waals surface area contributed by atoms with Crippen molar-refractivity contribution in [2.45, 2.75) is 69.4 Å². The summed E-state index contributed by atoms with van der Waals surface area (Å²) in [6.45, 7) is 2.27. The van der Waals surface area contributed by atoms with Gasteiger partial charge in [-0.2, -0.15) is 0 Å². The number of aliphatic hydroxyl groups excluding tert-OH is 4. The summed E-state index contributed by atoms with van der Waals surface area (Å²) in [5.74, 6) is 0. The molecule has 0 aromatic heterocycles. The fourth-order valence-corrected chi connectivity index (χ4v) is 3.68. The maximum absolute atomic E-state index is 10.6. The van der Waals surface area contributed by atoms with Gasteiger partial charge in [0.2, 0.25) is 0 Å². The molecule has 136 valence electrons. The first-order valence-corrected chi connectivity index (χ1v) is 9.05. The van der Waals surface area contributed by atoms with Gasteiger partial charge in [0, 0.05) is 6.54 Å². The van der Waals surface area contributed by atoms with Gasteiger partial charge in [-0.1, -0.05) is 62.9 Å². The normalized spacial score (nSPS) is 27.3. The summed E-state index contributed by atoms with van der Waals surface area (Å²) in [6, 6.07) is 8.65. The predicted octanol–water partition coefficient (Wildman–Crippen LogP) is 1.46. The minimum atomic E-state index is -0.996. The molecule has 5 nitrogen and oxygen atoms in total. The number of β-amino-alcohol motifs (C(OH)–C–C–N with tert-alkyl or cyclic N) is 1. The third kappa shape index (κ3) is 4.55. The Hall–Kier alpha value is -0.980. The lowest BCUT2D eigenvalue weighted by molar-refractivity contribution is -0.0281. The fraction of sp³-hybridized carbons (Fsp3) is 0.684. The molecule has 5 atom stereocenters. The van der Waals surface area contributed by atoms with Crippen LogP contribution in [0.2, 0.25) is 0 Å². The average Bonchev–Trinajstić information content (AvgIpc) is 2.88. The zero-order chi connectivity index (χ0) is 17.5. The zero-order valence-corrected chi connectivity index (χ0v) is 14.5. The van der Waals surface area contributed by atoms with Gasteiger partial charge in [-0.25, -0.2) is 0 Å². The van der Waals surface area contributed by atoms with Crippen molar-refractivity contribution in [3.8, 4) is 0 Å². The minimum Gasteiger partial charge on any atom is -0.394 e. The lowest BCUT2D eigenvalue weighted by atomic mass is 9.97. The number of unbranched alkanes of at least 4 members (excludes halogenated alkanes) is 3. The Kier molecular flexibility index (Phi) is 7.65. The van der Waals surface area contributed by atoms with Crippen LogP contribution in [0.3, 0.4) is 0 Å². The minimum absolute atomic E-state index is 0.123. The van der Waals surface area contributed by atoms with Crippen molar-refractivity contribution in [3.05, 3.63) is 35.9 Å². The van der Waals surface area contributed by atoms with E-state index in [-0.39, 0.29) is 19.2 Å². The molecule has 0 aliphatic carbocycles. The van der Waals surface area contributed by atoms with E-state index in [0.717, 1.165) is 31.2 Å². The van der Waals surface area contributed by atoms with Crippen LogP contribution in [0.4, 0.5) is 0 Å². The zero-order valence-electron chi connectivity index (χ0n) is 14.5. The van der Waals surface area contributed by atoms with Gasteiger partial charge in [0.25, 0.3) is 0 Å². The van der Waals surface area contributed by atoms with Crippen LogP contribution in [0.1, 0.15) is 50.6 Å². The van der Waals surface area contributed by atoms with Gasteiger partial charge in [0.1, 0.15) is 0 Å². The Morgan fingerprint density at radius 1 is 1.12 bits per heavy atom. The van der Waals surface area contributed by atoms with Crippen molar-refractivity contribution < 1.29 is 20.4 Å². The molecule has 1 aliphatic rings. The second-order valence-electron chi connectivity index (χ2n) is 6.77. The molecule has 1 fully saturated rings. The molecule has 1 saturated heterocycles. The van der Waals surface area contributed by atoms with Crippen molar-refractivity contribution in [1.29, 1.82) is 0 Å². The van der Waals surface area contributed by atoms with E-state index in [9.17, 15) is 20.4 Å². The van der Waals surface area contributed by atoms with Gasteiger partial charge >= 0.3 is 0 Å². The van der Waals surface area contributed by atoms with E-state index in [1.807, 2.05) is 35.2 Å². The van der Waals surface area contributed by atoms with Crippen molar-refractivity contribution in [2.24, 2.45) is 0 Å². The fourth-order valence-electron chi connectivity index (χ4n) is 3.68. The van der Waals surface area contributed by atoms with Crippen LogP contribution in [0.15, 0.2) is 30.3 Å². The third-order valence-electron chi connectivity index (χ3n) is 5.03. The first kappa shape index (κ1) is 19.3. The van der Waals surface area contributed by atoms with Crippen LogP contribution in [-0.4, -0.2) is 62.8 Å². The standard InChI is InChI=1S/C19H31NO4/c1-2-3-4-8-11-16(22)18-19(24)17(23)12-20(18)15(13-21)14-9-6-5-7-10-14/h5-7,9-10,15-19,21-24H,2-4,8,11-13H2,1H3/t15-,16+,17+,18-,19+/m0/s1. The smallest absolute Gasteiger partial charge is 0.0991 e. The van der Waals surface area contributed by atoms with Crippen molar-refractivity contribution in [3.63, 3.8) is 0 Å².